The van der Waals surface area contributed by atoms with Crippen molar-refractivity contribution < 1.29 is 9.53 Å². The summed E-state index contributed by atoms with van der Waals surface area (Å²) < 4.78 is 5.68. The van der Waals surface area contributed by atoms with Crippen molar-refractivity contribution in [1.29, 1.82) is 0 Å². The van der Waals surface area contributed by atoms with Gasteiger partial charge in [0.15, 0.2) is 0 Å². The molecule has 0 radical (unpaired) electrons. The maximum Gasteiger partial charge on any atom is 0.253 e. The quantitative estimate of drug-likeness (QED) is 0.800. The fraction of sp³-hybridized carbons (Fsp3) is 0.462. The highest BCUT2D eigenvalue weighted by Crippen LogP contribution is 2.26. The highest BCUT2D eigenvalue weighted by atomic mass is 16.5. The van der Waals surface area contributed by atoms with Crippen LogP contribution in [0.1, 0.15) is 31.1 Å². The van der Waals surface area contributed by atoms with Crippen LogP contribution in [0, 0.1) is 0 Å². The summed E-state index contributed by atoms with van der Waals surface area (Å²) in [5, 5.41) is 0. The van der Waals surface area contributed by atoms with E-state index in [1.165, 1.54) is 4.90 Å². The third-order valence-corrected chi connectivity index (χ3v) is 2.08. The van der Waals surface area contributed by atoms with Crippen molar-refractivity contribution in [2.45, 2.75) is 26.4 Å². The molecule has 0 saturated heterocycles. The number of benzene rings is 1. The van der Waals surface area contributed by atoms with Gasteiger partial charge in [0.2, 0.25) is 0 Å². The van der Waals surface area contributed by atoms with Crippen LogP contribution in [0.3, 0.4) is 0 Å². The smallest absolute Gasteiger partial charge is 0.253 e. The summed E-state index contributed by atoms with van der Waals surface area (Å²) in [6.07, 6.45) is 0. The van der Waals surface area contributed by atoms with Crippen LogP contribution >= 0.6 is 0 Å². The first kappa shape index (κ1) is 13.4. The summed E-state index contributed by atoms with van der Waals surface area (Å²) in [7, 11) is 3.41. The summed E-state index contributed by atoms with van der Waals surface area (Å²) in [5.74, 6) is 0.534. The SMILES string of the molecule is CN(C)C(=O)c1ccc(OC(C)(C)C)c(N)c1. The van der Waals surface area contributed by atoms with Gasteiger partial charge in [0, 0.05) is 19.7 Å². The van der Waals surface area contributed by atoms with Gasteiger partial charge in [0.05, 0.1) is 5.69 Å². The molecule has 0 bridgehead atoms. The van der Waals surface area contributed by atoms with Crippen molar-refractivity contribution in [3.05, 3.63) is 23.8 Å². The number of carbonyl (C=O) groups is 1. The monoisotopic (exact) mass is 236 g/mol. The minimum Gasteiger partial charge on any atom is -0.486 e. The molecule has 0 fully saturated rings. The second-order valence-corrected chi connectivity index (χ2v) is 5.17. The van der Waals surface area contributed by atoms with E-state index in [2.05, 4.69) is 0 Å². The zero-order chi connectivity index (χ0) is 13.2. The highest BCUT2D eigenvalue weighted by Gasteiger charge is 2.15. The molecule has 0 saturated carbocycles. The average molecular weight is 236 g/mol. The number of amides is 1. The molecule has 1 rings (SSSR count). The molecule has 2 N–H and O–H groups in total. The topological polar surface area (TPSA) is 55.6 Å². The van der Waals surface area contributed by atoms with Gasteiger partial charge in [-0.1, -0.05) is 0 Å². The Hall–Kier alpha value is -1.71. The fourth-order valence-corrected chi connectivity index (χ4v) is 1.36. The van der Waals surface area contributed by atoms with Crippen LogP contribution in [-0.4, -0.2) is 30.5 Å². The van der Waals surface area contributed by atoms with Crippen molar-refractivity contribution in [3.8, 4) is 5.75 Å². The Morgan fingerprint density at radius 1 is 1.29 bits per heavy atom. The number of nitrogen functional groups attached to an aromatic ring is 1. The van der Waals surface area contributed by atoms with E-state index >= 15 is 0 Å². The van der Waals surface area contributed by atoms with Gasteiger partial charge in [0.1, 0.15) is 11.4 Å². The lowest BCUT2D eigenvalue weighted by atomic mass is 10.1. The van der Waals surface area contributed by atoms with Gasteiger partial charge in [-0.2, -0.15) is 0 Å². The van der Waals surface area contributed by atoms with Crippen LogP contribution < -0.4 is 10.5 Å². The molecule has 17 heavy (non-hydrogen) atoms. The van der Waals surface area contributed by atoms with Crippen molar-refractivity contribution in [2.24, 2.45) is 0 Å². The van der Waals surface area contributed by atoms with Gasteiger partial charge < -0.3 is 15.4 Å². The third-order valence-electron chi connectivity index (χ3n) is 2.08. The maximum atomic E-state index is 11.7. The van der Waals surface area contributed by atoms with E-state index in [0.29, 0.717) is 17.0 Å². The lowest BCUT2D eigenvalue weighted by molar-refractivity contribution is 0.0827. The molecule has 0 aliphatic heterocycles. The first-order valence-electron chi connectivity index (χ1n) is 5.51. The van der Waals surface area contributed by atoms with Crippen LogP contribution in [0.25, 0.3) is 0 Å². The van der Waals surface area contributed by atoms with E-state index < -0.39 is 0 Å². The van der Waals surface area contributed by atoms with Gasteiger partial charge >= 0.3 is 0 Å². The molecule has 94 valence electrons. The van der Waals surface area contributed by atoms with E-state index in [9.17, 15) is 4.79 Å². The summed E-state index contributed by atoms with van der Waals surface area (Å²) >= 11 is 0. The van der Waals surface area contributed by atoms with Crippen molar-refractivity contribution >= 4 is 11.6 Å². The first-order valence-corrected chi connectivity index (χ1v) is 5.51. The zero-order valence-electron chi connectivity index (χ0n) is 11.1. The molecule has 0 atom stereocenters. The zero-order valence-corrected chi connectivity index (χ0v) is 11.1. The fourth-order valence-electron chi connectivity index (χ4n) is 1.36. The van der Waals surface area contributed by atoms with Gasteiger partial charge in [0.25, 0.3) is 5.91 Å². The number of nitrogens with two attached hydrogens (primary N) is 1. The molecular weight excluding hydrogens is 216 g/mol. The lowest BCUT2D eigenvalue weighted by Gasteiger charge is -2.22. The first-order chi connectivity index (χ1) is 7.70. The van der Waals surface area contributed by atoms with Crippen LogP contribution in [0.4, 0.5) is 5.69 Å². The van der Waals surface area contributed by atoms with Crippen LogP contribution in [0.2, 0.25) is 0 Å². The number of hydrogen-bond donors (Lipinski definition) is 1. The van der Waals surface area contributed by atoms with Crippen LogP contribution in [0.5, 0.6) is 5.75 Å². The number of anilines is 1. The minimum absolute atomic E-state index is 0.0704. The molecule has 0 aliphatic carbocycles. The van der Waals surface area contributed by atoms with Gasteiger partial charge in [-0.25, -0.2) is 0 Å². The number of rotatable bonds is 2. The molecule has 0 aliphatic rings. The molecule has 0 heterocycles. The van der Waals surface area contributed by atoms with Crippen molar-refractivity contribution in [3.63, 3.8) is 0 Å². The van der Waals surface area contributed by atoms with E-state index in [1.807, 2.05) is 20.8 Å². The molecule has 0 spiro atoms. The second-order valence-electron chi connectivity index (χ2n) is 5.17. The minimum atomic E-state index is -0.304. The van der Waals surface area contributed by atoms with E-state index in [-0.39, 0.29) is 11.5 Å². The number of hydrogen-bond acceptors (Lipinski definition) is 3. The maximum absolute atomic E-state index is 11.7. The Bertz CT molecular complexity index is 420. The Kier molecular flexibility index (Phi) is 3.66. The van der Waals surface area contributed by atoms with E-state index in [1.54, 1.807) is 32.3 Å². The normalized spacial score (nSPS) is 11.1. The Morgan fingerprint density at radius 3 is 2.29 bits per heavy atom. The van der Waals surface area contributed by atoms with Gasteiger partial charge in [-0.15, -0.1) is 0 Å². The number of ether oxygens (including phenoxy) is 1. The molecule has 1 amide bonds. The third kappa shape index (κ3) is 3.66. The van der Waals surface area contributed by atoms with E-state index in [0.717, 1.165) is 0 Å². The highest BCUT2D eigenvalue weighted by molar-refractivity contribution is 5.95. The molecule has 4 heteroatoms. The molecule has 4 nitrogen and oxygen atoms in total. The number of carbonyl (C=O) groups excluding carboxylic acids is 1. The Morgan fingerprint density at radius 2 is 1.88 bits per heavy atom. The Balaban J connectivity index is 2.98. The Labute approximate surface area is 102 Å². The van der Waals surface area contributed by atoms with Crippen molar-refractivity contribution in [2.75, 3.05) is 19.8 Å². The summed E-state index contributed by atoms with van der Waals surface area (Å²) in [4.78, 5) is 13.2. The molecule has 0 aromatic heterocycles. The van der Waals surface area contributed by atoms with E-state index in [4.69, 9.17) is 10.5 Å². The lowest BCUT2D eigenvalue weighted by Crippen LogP contribution is -2.24. The standard InChI is InChI=1S/C13H20N2O2/c1-13(2,3)17-11-7-6-9(8-10(11)14)12(16)15(4)5/h6-8H,14H2,1-5H3. The van der Waals surface area contributed by atoms with Crippen LogP contribution in [-0.2, 0) is 0 Å². The van der Waals surface area contributed by atoms with Crippen molar-refractivity contribution in [1.82, 2.24) is 4.90 Å². The van der Waals surface area contributed by atoms with Gasteiger partial charge in [-0.3, -0.25) is 4.79 Å². The molecular formula is C13H20N2O2. The number of nitrogens with zero attached hydrogens (tertiary/aromatic N) is 1. The predicted octanol–water partition coefficient (Wildman–Crippen LogP) is 2.15. The van der Waals surface area contributed by atoms with Gasteiger partial charge in [-0.05, 0) is 39.0 Å². The predicted molar refractivity (Wildman–Crippen MR) is 69.3 cm³/mol. The summed E-state index contributed by atoms with van der Waals surface area (Å²) in [5.41, 5.74) is 6.61. The van der Waals surface area contributed by atoms with Crippen LogP contribution in [0.15, 0.2) is 18.2 Å². The summed E-state index contributed by atoms with van der Waals surface area (Å²) in [6, 6.07) is 5.10. The second kappa shape index (κ2) is 4.65. The summed E-state index contributed by atoms with van der Waals surface area (Å²) in [6.45, 7) is 5.85. The molecule has 1 aromatic carbocycles. The largest absolute Gasteiger partial charge is 0.486 e. The molecule has 1 aromatic rings. The molecule has 0 unspecified atom stereocenters. The average Bonchev–Trinajstić information content (AvgIpc) is 2.18.